The highest BCUT2D eigenvalue weighted by molar-refractivity contribution is 5.87. The number of aromatic nitrogens is 4. The zero-order chi connectivity index (χ0) is 28.3. The van der Waals surface area contributed by atoms with Gasteiger partial charge in [0.25, 0.3) is 0 Å². The minimum absolute atomic E-state index is 0.0694. The van der Waals surface area contributed by atoms with E-state index in [9.17, 15) is 4.79 Å². The topological polar surface area (TPSA) is 112 Å². The van der Waals surface area contributed by atoms with Gasteiger partial charge < -0.3 is 30.5 Å². The van der Waals surface area contributed by atoms with E-state index in [2.05, 4.69) is 64.1 Å². The van der Waals surface area contributed by atoms with Crippen molar-refractivity contribution in [3.8, 4) is 0 Å². The first-order valence-corrected chi connectivity index (χ1v) is 14.3. The molecule has 1 aliphatic rings. The van der Waals surface area contributed by atoms with Crippen LogP contribution in [0.15, 0.2) is 42.6 Å². The van der Waals surface area contributed by atoms with E-state index >= 15 is 0 Å². The van der Waals surface area contributed by atoms with Crippen molar-refractivity contribution in [1.29, 1.82) is 0 Å². The lowest BCUT2D eigenvalue weighted by atomic mass is 10.1. The molecule has 0 atom stereocenters. The first-order valence-electron chi connectivity index (χ1n) is 14.3. The number of fused-ring (bicyclic) bond motifs is 1. The van der Waals surface area contributed by atoms with E-state index in [-0.39, 0.29) is 11.8 Å². The summed E-state index contributed by atoms with van der Waals surface area (Å²) in [5.74, 6) is 1.57. The fourth-order valence-corrected chi connectivity index (χ4v) is 4.71. The minimum Gasteiger partial charge on any atom is -0.382 e. The lowest BCUT2D eigenvalue weighted by Crippen LogP contribution is -2.48. The van der Waals surface area contributed by atoms with Gasteiger partial charge >= 0.3 is 0 Å². The van der Waals surface area contributed by atoms with Gasteiger partial charge in [0.1, 0.15) is 0 Å². The van der Waals surface area contributed by atoms with Crippen LogP contribution in [0.5, 0.6) is 0 Å². The summed E-state index contributed by atoms with van der Waals surface area (Å²) in [6.07, 6.45) is 6.28. The fourth-order valence-electron chi connectivity index (χ4n) is 4.71. The average molecular weight is 550 g/mol. The number of para-hydroxylation sites is 1. The summed E-state index contributed by atoms with van der Waals surface area (Å²) < 4.78 is 7.24. The van der Waals surface area contributed by atoms with Crippen molar-refractivity contribution >= 4 is 29.1 Å². The van der Waals surface area contributed by atoms with E-state index in [0.717, 1.165) is 48.5 Å². The third kappa shape index (κ3) is 7.48. The molecule has 3 N–H and O–H groups in total. The Labute approximate surface area is 237 Å². The number of nitrogens with one attached hydrogen (secondary N) is 3. The van der Waals surface area contributed by atoms with Crippen molar-refractivity contribution < 1.29 is 9.53 Å². The predicted molar refractivity (Wildman–Crippen MR) is 160 cm³/mol. The zero-order valence-electron chi connectivity index (χ0n) is 24.2. The Balaban J connectivity index is 1.46. The number of piperazine rings is 1. The van der Waals surface area contributed by atoms with Crippen LogP contribution >= 0.6 is 0 Å². The molecule has 0 saturated carbocycles. The van der Waals surface area contributed by atoms with Crippen molar-refractivity contribution in [3.63, 3.8) is 0 Å². The monoisotopic (exact) mass is 549 g/mol. The molecule has 1 aliphatic heterocycles. The van der Waals surface area contributed by atoms with Gasteiger partial charge in [-0.2, -0.15) is 19.6 Å². The van der Waals surface area contributed by atoms with Crippen molar-refractivity contribution in [2.75, 3.05) is 75.1 Å². The number of likely N-dealkylation sites (N-methyl/N-ethyl adjacent to an activating group) is 1. The van der Waals surface area contributed by atoms with Crippen LogP contribution in [0.3, 0.4) is 0 Å². The zero-order valence-corrected chi connectivity index (χ0v) is 24.2. The molecule has 1 amide bonds. The van der Waals surface area contributed by atoms with Gasteiger partial charge in [-0.3, -0.25) is 4.79 Å². The molecule has 11 heteroatoms. The minimum atomic E-state index is 0.0694. The van der Waals surface area contributed by atoms with Gasteiger partial charge in [0.2, 0.25) is 17.8 Å². The molecule has 3 aromatic rings. The summed E-state index contributed by atoms with van der Waals surface area (Å²) >= 11 is 0. The maximum Gasteiger partial charge on any atom is 0.246 e. The molecule has 4 rings (SSSR count). The molecule has 11 nitrogen and oxygen atoms in total. The third-order valence-corrected chi connectivity index (χ3v) is 6.91. The van der Waals surface area contributed by atoms with Gasteiger partial charge in [0.05, 0.1) is 6.20 Å². The summed E-state index contributed by atoms with van der Waals surface area (Å²) in [7, 11) is 1.87. The standard InChI is InChI=1S/C29H43N9O2/c1-5-40-19-9-14-31-28-34-27-24(22(2)3)21-33-38(27)29(35-28)32-20-23-10-6-7-11-25(23)36-15-17-37(18-16-36)26(39)12-8-13-30-4/h6-8,10-12,21-22,30H,5,9,13-20H2,1-4H3,(H2,31,32,34,35)/b12-8+. The fraction of sp³-hybridized carbons (Fsp3) is 0.517. The quantitative estimate of drug-likeness (QED) is 0.206. The Bertz CT molecular complexity index is 1270. The first-order chi connectivity index (χ1) is 19.5. The lowest BCUT2D eigenvalue weighted by molar-refractivity contribution is -0.126. The molecule has 0 spiro atoms. The number of ether oxygens (including phenoxy) is 1. The van der Waals surface area contributed by atoms with E-state index in [1.54, 1.807) is 10.6 Å². The van der Waals surface area contributed by atoms with E-state index in [4.69, 9.17) is 14.7 Å². The first kappa shape index (κ1) is 29.3. The third-order valence-electron chi connectivity index (χ3n) is 6.91. The molecular formula is C29H43N9O2. The van der Waals surface area contributed by atoms with Crippen LogP contribution in [0.4, 0.5) is 17.6 Å². The van der Waals surface area contributed by atoms with E-state index in [1.807, 2.05) is 31.1 Å². The number of nitrogens with zero attached hydrogens (tertiary/aromatic N) is 6. The second-order valence-corrected chi connectivity index (χ2v) is 10.1. The Morgan fingerprint density at radius 3 is 2.67 bits per heavy atom. The largest absolute Gasteiger partial charge is 0.382 e. The second-order valence-electron chi connectivity index (χ2n) is 10.1. The van der Waals surface area contributed by atoms with Crippen molar-refractivity contribution in [1.82, 2.24) is 29.8 Å². The number of anilines is 3. The van der Waals surface area contributed by atoms with Crippen molar-refractivity contribution in [2.45, 2.75) is 39.7 Å². The molecule has 3 heterocycles. The molecule has 0 bridgehead atoms. The lowest BCUT2D eigenvalue weighted by Gasteiger charge is -2.36. The maximum atomic E-state index is 12.5. The van der Waals surface area contributed by atoms with E-state index in [1.165, 1.54) is 0 Å². The van der Waals surface area contributed by atoms with Crippen LogP contribution in [0.2, 0.25) is 0 Å². The average Bonchev–Trinajstić information content (AvgIpc) is 3.41. The normalized spacial score (nSPS) is 14.0. The smallest absolute Gasteiger partial charge is 0.246 e. The van der Waals surface area contributed by atoms with Crippen LogP contribution in [-0.4, -0.2) is 89.9 Å². The molecule has 40 heavy (non-hydrogen) atoms. The van der Waals surface area contributed by atoms with Gasteiger partial charge in [-0.1, -0.05) is 38.1 Å². The van der Waals surface area contributed by atoms with Crippen LogP contribution in [0.25, 0.3) is 5.65 Å². The Morgan fingerprint density at radius 1 is 1.12 bits per heavy atom. The predicted octanol–water partition coefficient (Wildman–Crippen LogP) is 3.12. The Morgan fingerprint density at radius 2 is 1.93 bits per heavy atom. The summed E-state index contributed by atoms with van der Waals surface area (Å²) in [6.45, 7) is 12.7. The molecule has 216 valence electrons. The molecule has 1 aromatic carbocycles. The van der Waals surface area contributed by atoms with Crippen LogP contribution in [-0.2, 0) is 16.1 Å². The number of rotatable bonds is 14. The number of amides is 1. The number of hydrogen-bond acceptors (Lipinski definition) is 9. The second kappa shape index (κ2) is 14.6. The summed E-state index contributed by atoms with van der Waals surface area (Å²) in [6, 6.07) is 8.40. The molecule has 0 aliphatic carbocycles. The van der Waals surface area contributed by atoms with Crippen molar-refractivity contribution in [2.24, 2.45) is 0 Å². The van der Waals surface area contributed by atoms with E-state index in [0.29, 0.717) is 51.3 Å². The van der Waals surface area contributed by atoms with Crippen LogP contribution in [0, 0.1) is 0 Å². The van der Waals surface area contributed by atoms with Gasteiger partial charge in [0, 0.05) is 76.4 Å². The van der Waals surface area contributed by atoms with Crippen LogP contribution in [0.1, 0.15) is 44.2 Å². The summed E-state index contributed by atoms with van der Waals surface area (Å²) in [5, 5.41) is 14.5. The van der Waals surface area contributed by atoms with Gasteiger partial charge in [-0.15, -0.1) is 0 Å². The highest BCUT2D eigenvalue weighted by atomic mass is 16.5. The maximum absolute atomic E-state index is 12.5. The molecule has 0 unspecified atom stereocenters. The summed E-state index contributed by atoms with van der Waals surface area (Å²) in [5.41, 5.74) is 4.20. The molecule has 1 fully saturated rings. The number of hydrogen-bond donors (Lipinski definition) is 3. The van der Waals surface area contributed by atoms with Crippen LogP contribution < -0.4 is 20.9 Å². The number of carbonyl (C=O) groups excluding carboxylic acids is 1. The van der Waals surface area contributed by atoms with Gasteiger partial charge in [0.15, 0.2) is 5.65 Å². The molecule has 1 saturated heterocycles. The van der Waals surface area contributed by atoms with Crippen molar-refractivity contribution in [3.05, 3.63) is 53.7 Å². The van der Waals surface area contributed by atoms with Gasteiger partial charge in [-0.25, -0.2) is 0 Å². The number of carbonyl (C=O) groups is 1. The molecule has 0 radical (unpaired) electrons. The molecular weight excluding hydrogens is 506 g/mol. The van der Waals surface area contributed by atoms with E-state index < -0.39 is 0 Å². The molecule has 2 aromatic heterocycles. The van der Waals surface area contributed by atoms with Gasteiger partial charge in [-0.05, 0) is 37.9 Å². The number of benzene rings is 1. The SMILES string of the molecule is CCOCCCNc1nc(NCc2ccccc2N2CCN(C(=O)/C=C/CNC)CC2)n2ncc(C(C)C)c2n1. The summed E-state index contributed by atoms with van der Waals surface area (Å²) in [4.78, 5) is 26.3. The Hall–Kier alpha value is -3.70. The highest BCUT2D eigenvalue weighted by Gasteiger charge is 2.22. The Kier molecular flexibility index (Phi) is 10.7. The highest BCUT2D eigenvalue weighted by Crippen LogP contribution is 2.25.